The average molecular weight is 394 g/mol. The van der Waals surface area contributed by atoms with Gasteiger partial charge in [-0.2, -0.15) is 0 Å². The van der Waals surface area contributed by atoms with E-state index in [2.05, 4.69) is 0 Å². The Morgan fingerprint density at radius 3 is 2.29 bits per heavy atom. The van der Waals surface area contributed by atoms with Gasteiger partial charge in [0.1, 0.15) is 5.54 Å². The van der Waals surface area contributed by atoms with E-state index in [0.717, 1.165) is 24.0 Å². The van der Waals surface area contributed by atoms with Gasteiger partial charge in [-0.1, -0.05) is 31.2 Å². The van der Waals surface area contributed by atoms with Crippen molar-refractivity contribution in [1.29, 1.82) is 0 Å². The second-order valence-electron chi connectivity index (χ2n) is 7.98. The summed E-state index contributed by atoms with van der Waals surface area (Å²) in [6.07, 6.45) is 1.50. The first-order valence-corrected chi connectivity index (χ1v) is 9.26. The molecule has 1 aliphatic carbocycles. The first kappa shape index (κ1) is 21.8. The van der Waals surface area contributed by atoms with Crippen molar-refractivity contribution in [2.45, 2.75) is 56.2 Å². The minimum Gasteiger partial charge on any atom is -0.481 e. The van der Waals surface area contributed by atoms with Crippen LogP contribution in [-0.4, -0.2) is 68.6 Å². The SMILES string of the molecule is CCC1([N+](C)(C)C(C(=O)O)C(O)(CC(=O)O)C(=O)O)CCCc2ccccc21. The second kappa shape index (κ2) is 7.52. The number of carbonyl (C=O) groups is 3. The van der Waals surface area contributed by atoms with Gasteiger partial charge >= 0.3 is 17.9 Å². The van der Waals surface area contributed by atoms with Crippen LogP contribution in [0, 0.1) is 0 Å². The zero-order chi connectivity index (χ0) is 21.3. The van der Waals surface area contributed by atoms with Crippen molar-refractivity contribution < 1.29 is 39.3 Å². The molecule has 1 aromatic carbocycles. The predicted molar refractivity (Wildman–Crippen MR) is 99.7 cm³/mol. The Bertz CT molecular complexity index is 791. The van der Waals surface area contributed by atoms with Crippen LogP contribution in [0.5, 0.6) is 0 Å². The van der Waals surface area contributed by atoms with E-state index in [-0.39, 0.29) is 4.48 Å². The molecule has 3 unspecified atom stereocenters. The molecule has 0 fully saturated rings. The quantitative estimate of drug-likeness (QED) is 0.491. The van der Waals surface area contributed by atoms with Gasteiger partial charge in [0.15, 0.2) is 0 Å². The number of aryl methyl sites for hydroxylation is 1. The first-order chi connectivity index (χ1) is 12.9. The molecular weight excluding hydrogens is 366 g/mol. The van der Waals surface area contributed by atoms with Crippen LogP contribution in [0.3, 0.4) is 0 Å². The molecule has 8 nitrogen and oxygen atoms in total. The minimum absolute atomic E-state index is 0.383. The fraction of sp³-hybridized carbons (Fsp3) is 0.550. The summed E-state index contributed by atoms with van der Waals surface area (Å²) in [7, 11) is 3.14. The molecule has 0 spiro atoms. The maximum Gasteiger partial charge on any atom is 0.366 e. The van der Waals surface area contributed by atoms with Crippen LogP contribution in [0.25, 0.3) is 0 Å². The van der Waals surface area contributed by atoms with Gasteiger partial charge in [0.25, 0.3) is 0 Å². The van der Waals surface area contributed by atoms with E-state index >= 15 is 0 Å². The van der Waals surface area contributed by atoms with Crippen molar-refractivity contribution in [2.24, 2.45) is 0 Å². The number of hydrogen-bond acceptors (Lipinski definition) is 4. The molecule has 1 aliphatic rings. The van der Waals surface area contributed by atoms with Gasteiger partial charge in [-0.3, -0.25) is 4.79 Å². The van der Waals surface area contributed by atoms with Gasteiger partial charge in [-0.25, -0.2) is 9.59 Å². The van der Waals surface area contributed by atoms with Crippen LogP contribution in [0.4, 0.5) is 0 Å². The molecule has 2 rings (SSSR count). The molecule has 8 heteroatoms. The molecule has 3 atom stereocenters. The van der Waals surface area contributed by atoms with E-state index in [4.69, 9.17) is 5.11 Å². The molecule has 0 heterocycles. The van der Waals surface area contributed by atoms with Gasteiger partial charge in [-0.15, -0.1) is 0 Å². The Hall–Kier alpha value is -2.45. The number of carboxylic acids is 3. The van der Waals surface area contributed by atoms with Crippen molar-refractivity contribution in [3.05, 3.63) is 35.4 Å². The minimum atomic E-state index is -2.96. The van der Waals surface area contributed by atoms with E-state index < -0.39 is 41.5 Å². The van der Waals surface area contributed by atoms with E-state index in [1.807, 2.05) is 31.2 Å². The standard InChI is InChI=1S/C20H27NO7/c1-4-19(11-7-9-13-8-5-6-10-14(13)19)21(2,3)16(17(24)25)20(28,18(26)27)12-15(22)23/h5-6,8,10,16,28H,4,7,9,11-12H2,1-3H3,(H2-,22,23,24,25,26,27)/p+1. The number of likely N-dealkylation sites (N-methyl/N-ethyl adjacent to an activating group) is 1. The highest BCUT2D eigenvalue weighted by Crippen LogP contribution is 2.48. The number of rotatable bonds is 8. The van der Waals surface area contributed by atoms with Crippen LogP contribution >= 0.6 is 0 Å². The first-order valence-electron chi connectivity index (χ1n) is 9.26. The van der Waals surface area contributed by atoms with Gasteiger partial charge < -0.3 is 24.9 Å². The molecule has 0 radical (unpaired) electrons. The van der Waals surface area contributed by atoms with Crippen molar-refractivity contribution in [3.8, 4) is 0 Å². The third kappa shape index (κ3) is 3.27. The number of aliphatic carboxylic acids is 3. The normalized spacial score (nSPS) is 22.6. The summed E-state index contributed by atoms with van der Waals surface area (Å²) in [5, 5.41) is 39.6. The lowest BCUT2D eigenvalue weighted by Gasteiger charge is -2.55. The smallest absolute Gasteiger partial charge is 0.366 e. The Balaban J connectivity index is 2.74. The van der Waals surface area contributed by atoms with Crippen molar-refractivity contribution >= 4 is 17.9 Å². The summed E-state index contributed by atoms with van der Waals surface area (Å²) in [5.41, 5.74) is -1.76. The zero-order valence-corrected chi connectivity index (χ0v) is 16.4. The van der Waals surface area contributed by atoms with Crippen molar-refractivity contribution in [3.63, 3.8) is 0 Å². The molecular formula is C20H28NO7+. The Labute approximate surface area is 163 Å². The number of quaternary nitrogens is 1. The van der Waals surface area contributed by atoms with Gasteiger partial charge in [0, 0.05) is 18.4 Å². The summed E-state index contributed by atoms with van der Waals surface area (Å²) in [4.78, 5) is 35.4. The molecule has 28 heavy (non-hydrogen) atoms. The lowest BCUT2D eigenvalue weighted by Crippen LogP contribution is -2.73. The number of hydrogen-bond donors (Lipinski definition) is 4. The van der Waals surface area contributed by atoms with Gasteiger partial charge in [-0.05, 0) is 18.4 Å². The summed E-state index contributed by atoms with van der Waals surface area (Å²) < 4.78 is -0.383. The number of fused-ring (bicyclic) bond motifs is 1. The molecule has 0 bridgehead atoms. The highest BCUT2D eigenvalue weighted by molar-refractivity contribution is 5.91. The molecule has 0 aromatic heterocycles. The Kier molecular flexibility index (Phi) is 5.87. The molecule has 0 saturated heterocycles. The fourth-order valence-electron chi connectivity index (χ4n) is 5.05. The average Bonchev–Trinajstić information content (AvgIpc) is 2.59. The summed E-state index contributed by atoms with van der Waals surface area (Å²) in [5.74, 6) is -4.98. The monoisotopic (exact) mass is 394 g/mol. The third-order valence-corrected chi connectivity index (χ3v) is 6.37. The lowest BCUT2D eigenvalue weighted by molar-refractivity contribution is -0.970. The maximum absolute atomic E-state index is 12.3. The van der Waals surface area contributed by atoms with Crippen molar-refractivity contribution in [2.75, 3.05) is 14.1 Å². The highest BCUT2D eigenvalue weighted by atomic mass is 16.4. The summed E-state index contributed by atoms with van der Waals surface area (Å²) in [6, 6.07) is 5.75. The predicted octanol–water partition coefficient (Wildman–Crippen LogP) is 1.45. The zero-order valence-electron chi connectivity index (χ0n) is 16.4. The van der Waals surface area contributed by atoms with Crippen LogP contribution in [0.2, 0.25) is 0 Å². The molecule has 4 N–H and O–H groups in total. The third-order valence-electron chi connectivity index (χ3n) is 6.37. The fourth-order valence-corrected chi connectivity index (χ4v) is 5.05. The second-order valence-corrected chi connectivity index (χ2v) is 7.98. The molecule has 0 amide bonds. The number of aliphatic hydroxyl groups is 1. The van der Waals surface area contributed by atoms with Gasteiger partial charge in [0.05, 0.1) is 20.5 Å². The largest absolute Gasteiger partial charge is 0.481 e. The topological polar surface area (TPSA) is 132 Å². The van der Waals surface area contributed by atoms with Crippen molar-refractivity contribution in [1.82, 2.24) is 0 Å². The highest BCUT2D eigenvalue weighted by Gasteiger charge is 2.64. The van der Waals surface area contributed by atoms with Crippen LogP contribution < -0.4 is 0 Å². The Morgan fingerprint density at radius 2 is 1.79 bits per heavy atom. The van der Waals surface area contributed by atoms with E-state index in [1.54, 1.807) is 14.1 Å². The number of nitrogens with zero attached hydrogens (tertiary/aromatic N) is 1. The number of carboxylic acid groups (broad SMARTS) is 3. The molecule has 1 aromatic rings. The Morgan fingerprint density at radius 1 is 1.18 bits per heavy atom. The van der Waals surface area contributed by atoms with E-state index in [9.17, 15) is 29.7 Å². The van der Waals surface area contributed by atoms with Crippen LogP contribution in [0.15, 0.2) is 24.3 Å². The molecule has 0 aliphatic heterocycles. The summed E-state index contributed by atoms with van der Waals surface area (Å²) >= 11 is 0. The summed E-state index contributed by atoms with van der Waals surface area (Å²) in [6.45, 7) is 1.90. The maximum atomic E-state index is 12.3. The van der Waals surface area contributed by atoms with E-state index in [0.29, 0.717) is 12.8 Å². The van der Waals surface area contributed by atoms with E-state index in [1.165, 1.54) is 0 Å². The van der Waals surface area contributed by atoms with Crippen LogP contribution in [-0.2, 0) is 26.3 Å². The van der Waals surface area contributed by atoms with Gasteiger partial charge in [0.2, 0.25) is 11.6 Å². The number of benzene rings is 1. The molecule has 0 saturated carbocycles. The molecule has 154 valence electrons. The lowest BCUT2D eigenvalue weighted by atomic mass is 9.70. The van der Waals surface area contributed by atoms with Crippen LogP contribution in [0.1, 0.15) is 43.7 Å².